The first-order chi connectivity index (χ1) is 11.0. The van der Waals surface area contributed by atoms with Gasteiger partial charge in [-0.05, 0) is 36.5 Å². The third kappa shape index (κ3) is 3.88. The molecule has 124 valence electrons. The van der Waals surface area contributed by atoms with Gasteiger partial charge < -0.3 is 14.6 Å². The van der Waals surface area contributed by atoms with Gasteiger partial charge in [-0.3, -0.25) is 4.79 Å². The largest absolute Gasteiger partial charge is 0.491 e. The average molecular weight is 337 g/mol. The fraction of sp³-hybridized carbons (Fsp3) is 0.500. The molecule has 4 nitrogen and oxygen atoms in total. The number of hydrogen-bond donors (Lipinski definition) is 1. The molecule has 0 radical (unpaired) electrons. The average Bonchev–Trinajstić information content (AvgIpc) is 2.98. The minimum absolute atomic E-state index is 0.0482. The SMILES string of the molecule is C[C@@H]1C[C@@H]2OC(=O)C[C@@H]2[C@H]1/C=C/[C@@H](O)COc1cccc(Cl)c1. The Balaban J connectivity index is 1.53. The number of carbonyl (C=O) groups is 1. The fourth-order valence-corrected chi connectivity index (χ4v) is 3.74. The summed E-state index contributed by atoms with van der Waals surface area (Å²) < 4.78 is 10.9. The zero-order valence-electron chi connectivity index (χ0n) is 13.0. The smallest absolute Gasteiger partial charge is 0.306 e. The molecule has 1 aliphatic carbocycles. The van der Waals surface area contributed by atoms with Crippen molar-refractivity contribution >= 4 is 17.6 Å². The van der Waals surface area contributed by atoms with Crippen LogP contribution in [0, 0.1) is 17.8 Å². The predicted molar refractivity (Wildman–Crippen MR) is 87.4 cm³/mol. The van der Waals surface area contributed by atoms with Gasteiger partial charge in [0.1, 0.15) is 24.6 Å². The van der Waals surface area contributed by atoms with Crippen molar-refractivity contribution in [1.82, 2.24) is 0 Å². The van der Waals surface area contributed by atoms with Crippen molar-refractivity contribution in [1.29, 1.82) is 0 Å². The van der Waals surface area contributed by atoms with Gasteiger partial charge >= 0.3 is 5.97 Å². The highest BCUT2D eigenvalue weighted by Crippen LogP contribution is 2.45. The van der Waals surface area contributed by atoms with Gasteiger partial charge in [-0.15, -0.1) is 0 Å². The quantitative estimate of drug-likeness (QED) is 0.662. The highest BCUT2D eigenvalue weighted by atomic mass is 35.5. The molecular weight excluding hydrogens is 316 g/mol. The minimum Gasteiger partial charge on any atom is -0.491 e. The van der Waals surface area contributed by atoms with Crippen LogP contribution in [0.1, 0.15) is 19.8 Å². The van der Waals surface area contributed by atoms with Crippen LogP contribution >= 0.6 is 11.6 Å². The van der Waals surface area contributed by atoms with Crippen LogP contribution in [0.3, 0.4) is 0 Å². The number of fused-ring (bicyclic) bond motifs is 1. The minimum atomic E-state index is -0.696. The Kier molecular flexibility index (Phi) is 4.93. The van der Waals surface area contributed by atoms with Gasteiger partial charge in [-0.1, -0.05) is 36.7 Å². The Morgan fingerprint density at radius 3 is 3.13 bits per heavy atom. The van der Waals surface area contributed by atoms with E-state index in [1.165, 1.54) is 0 Å². The number of aliphatic hydroxyl groups excluding tert-OH is 1. The van der Waals surface area contributed by atoms with Gasteiger partial charge in [0.05, 0.1) is 6.42 Å². The Morgan fingerprint density at radius 2 is 2.35 bits per heavy atom. The normalized spacial score (nSPS) is 31.2. The zero-order chi connectivity index (χ0) is 16.4. The number of hydrogen-bond acceptors (Lipinski definition) is 4. The van der Waals surface area contributed by atoms with Crippen molar-refractivity contribution in [3.8, 4) is 5.75 Å². The van der Waals surface area contributed by atoms with E-state index in [-0.39, 0.29) is 30.5 Å². The molecule has 1 saturated heterocycles. The van der Waals surface area contributed by atoms with Crippen molar-refractivity contribution < 1.29 is 19.4 Å². The van der Waals surface area contributed by atoms with E-state index in [0.717, 1.165) is 6.42 Å². The van der Waals surface area contributed by atoms with Crippen LogP contribution in [0.4, 0.5) is 0 Å². The van der Waals surface area contributed by atoms with Crippen LogP contribution in [0.5, 0.6) is 5.75 Å². The van der Waals surface area contributed by atoms with Crippen molar-refractivity contribution in [3.63, 3.8) is 0 Å². The summed E-state index contributed by atoms with van der Waals surface area (Å²) in [4.78, 5) is 11.4. The summed E-state index contributed by atoms with van der Waals surface area (Å²) in [6.07, 6.45) is 4.52. The van der Waals surface area contributed by atoms with Gasteiger partial charge in [0.2, 0.25) is 0 Å². The standard InChI is InChI=1S/C18H21ClO4/c1-11-7-17-16(9-18(21)23-17)15(11)6-5-13(20)10-22-14-4-2-3-12(19)8-14/h2-6,8,11,13,15-17,20H,7,9-10H2,1H3/b6-5+/t11-,13-,15+,16-,17+/m1/s1. The van der Waals surface area contributed by atoms with Gasteiger partial charge in [-0.2, -0.15) is 0 Å². The lowest BCUT2D eigenvalue weighted by atomic mass is 9.88. The Bertz CT molecular complexity index is 600. The molecule has 0 bridgehead atoms. The number of halogens is 1. The van der Waals surface area contributed by atoms with E-state index >= 15 is 0 Å². The third-order valence-electron chi connectivity index (χ3n) is 4.69. The van der Waals surface area contributed by atoms with Gasteiger partial charge in [0, 0.05) is 10.9 Å². The molecule has 5 atom stereocenters. The lowest BCUT2D eigenvalue weighted by Crippen LogP contribution is -2.17. The molecule has 0 spiro atoms. The van der Waals surface area contributed by atoms with Crippen LogP contribution in [0.2, 0.25) is 5.02 Å². The second-order valence-electron chi connectivity index (χ2n) is 6.41. The predicted octanol–water partition coefficient (Wildman–Crippen LogP) is 3.22. The number of ether oxygens (including phenoxy) is 2. The summed E-state index contributed by atoms with van der Waals surface area (Å²) >= 11 is 5.89. The molecule has 2 aliphatic rings. The van der Waals surface area contributed by atoms with Crippen LogP contribution < -0.4 is 4.74 Å². The number of benzene rings is 1. The van der Waals surface area contributed by atoms with Gasteiger partial charge in [-0.25, -0.2) is 0 Å². The number of esters is 1. The summed E-state index contributed by atoms with van der Waals surface area (Å²) in [5.74, 6) is 1.50. The molecule has 1 heterocycles. The molecule has 1 N–H and O–H groups in total. The first-order valence-electron chi connectivity index (χ1n) is 7.97. The molecule has 0 aromatic heterocycles. The topological polar surface area (TPSA) is 55.8 Å². The van der Waals surface area contributed by atoms with Crippen molar-refractivity contribution in [2.24, 2.45) is 17.8 Å². The molecule has 3 rings (SSSR count). The highest BCUT2D eigenvalue weighted by Gasteiger charge is 2.47. The van der Waals surface area contributed by atoms with Crippen LogP contribution in [0.25, 0.3) is 0 Å². The second-order valence-corrected chi connectivity index (χ2v) is 6.84. The molecule has 1 saturated carbocycles. The van der Waals surface area contributed by atoms with Crippen LogP contribution in [-0.4, -0.2) is 29.9 Å². The van der Waals surface area contributed by atoms with E-state index in [2.05, 4.69) is 6.92 Å². The van der Waals surface area contributed by atoms with E-state index in [1.54, 1.807) is 30.3 Å². The molecule has 1 aromatic carbocycles. The van der Waals surface area contributed by atoms with Crippen molar-refractivity contribution in [3.05, 3.63) is 41.4 Å². The summed E-state index contributed by atoms with van der Waals surface area (Å²) in [7, 11) is 0. The number of rotatable bonds is 5. The fourth-order valence-electron chi connectivity index (χ4n) is 3.56. The monoisotopic (exact) mass is 336 g/mol. The summed E-state index contributed by atoms with van der Waals surface area (Å²) in [5, 5.41) is 10.7. The number of allylic oxidation sites excluding steroid dienone is 1. The lowest BCUT2D eigenvalue weighted by Gasteiger charge is -2.16. The summed E-state index contributed by atoms with van der Waals surface area (Å²) in [6, 6.07) is 7.08. The molecule has 1 aliphatic heterocycles. The lowest BCUT2D eigenvalue weighted by molar-refractivity contribution is -0.141. The second kappa shape index (κ2) is 6.93. The maximum atomic E-state index is 11.4. The molecular formula is C18H21ClO4. The Morgan fingerprint density at radius 1 is 1.52 bits per heavy atom. The zero-order valence-corrected chi connectivity index (χ0v) is 13.8. The molecule has 1 aromatic rings. The summed E-state index contributed by atoms with van der Waals surface area (Å²) in [6.45, 7) is 2.33. The van der Waals surface area contributed by atoms with E-state index in [0.29, 0.717) is 23.1 Å². The Hall–Kier alpha value is -1.52. The molecule has 2 fully saturated rings. The molecule has 5 heteroatoms. The maximum absolute atomic E-state index is 11.4. The van der Waals surface area contributed by atoms with Crippen LogP contribution in [0.15, 0.2) is 36.4 Å². The molecule has 23 heavy (non-hydrogen) atoms. The maximum Gasteiger partial charge on any atom is 0.306 e. The van der Waals surface area contributed by atoms with Crippen molar-refractivity contribution in [2.45, 2.75) is 32.0 Å². The number of aliphatic hydroxyl groups is 1. The van der Waals surface area contributed by atoms with E-state index in [4.69, 9.17) is 21.1 Å². The summed E-state index contributed by atoms with van der Waals surface area (Å²) in [5.41, 5.74) is 0. The van der Waals surface area contributed by atoms with Crippen LogP contribution in [-0.2, 0) is 9.53 Å². The van der Waals surface area contributed by atoms with E-state index in [9.17, 15) is 9.90 Å². The highest BCUT2D eigenvalue weighted by molar-refractivity contribution is 6.30. The van der Waals surface area contributed by atoms with E-state index < -0.39 is 6.10 Å². The Labute approximate surface area is 141 Å². The van der Waals surface area contributed by atoms with E-state index in [1.807, 2.05) is 6.08 Å². The molecule has 0 amide bonds. The first kappa shape index (κ1) is 16.3. The molecule has 0 unspecified atom stereocenters. The first-order valence-corrected chi connectivity index (χ1v) is 8.35. The van der Waals surface area contributed by atoms with Gasteiger partial charge in [0.15, 0.2) is 0 Å². The number of carbonyl (C=O) groups excluding carboxylic acids is 1. The van der Waals surface area contributed by atoms with Gasteiger partial charge in [0.25, 0.3) is 0 Å². The third-order valence-corrected chi connectivity index (χ3v) is 4.93. The van der Waals surface area contributed by atoms with Crippen molar-refractivity contribution in [2.75, 3.05) is 6.61 Å².